The summed E-state index contributed by atoms with van der Waals surface area (Å²) in [5, 5.41) is 2.93. The van der Waals surface area contributed by atoms with E-state index in [4.69, 9.17) is 9.47 Å². The van der Waals surface area contributed by atoms with Gasteiger partial charge in [0.1, 0.15) is 0 Å². The fourth-order valence-electron chi connectivity index (χ4n) is 2.08. The maximum atomic E-state index is 12.1. The molecular formula is C14H19BrN2O3. The van der Waals surface area contributed by atoms with Crippen LogP contribution in [0.3, 0.4) is 0 Å². The monoisotopic (exact) mass is 342 g/mol. The van der Waals surface area contributed by atoms with Crippen molar-refractivity contribution in [1.82, 2.24) is 10.2 Å². The van der Waals surface area contributed by atoms with Crippen LogP contribution in [-0.2, 0) is 16.0 Å². The molecule has 1 fully saturated rings. The van der Waals surface area contributed by atoms with Gasteiger partial charge >= 0.3 is 6.03 Å². The third-order valence-corrected chi connectivity index (χ3v) is 3.66. The lowest BCUT2D eigenvalue weighted by Crippen LogP contribution is -2.50. The molecule has 1 saturated heterocycles. The summed E-state index contributed by atoms with van der Waals surface area (Å²) < 4.78 is 11.6. The molecular weight excluding hydrogens is 324 g/mol. The molecule has 1 aromatic rings. The van der Waals surface area contributed by atoms with Gasteiger partial charge in [0.2, 0.25) is 0 Å². The van der Waals surface area contributed by atoms with Crippen molar-refractivity contribution in [2.75, 3.05) is 33.4 Å². The minimum atomic E-state index is -0.0580. The molecule has 1 N–H and O–H groups in total. The number of nitrogens with one attached hydrogen (secondary N) is 1. The molecule has 20 heavy (non-hydrogen) atoms. The molecule has 1 heterocycles. The zero-order valence-electron chi connectivity index (χ0n) is 11.5. The number of hydrogen-bond acceptors (Lipinski definition) is 3. The van der Waals surface area contributed by atoms with E-state index in [0.717, 1.165) is 10.0 Å². The molecule has 2 amide bonds. The molecule has 0 spiro atoms. The zero-order chi connectivity index (χ0) is 14.4. The van der Waals surface area contributed by atoms with Gasteiger partial charge in [0, 0.05) is 24.7 Å². The molecule has 0 unspecified atom stereocenters. The molecule has 0 saturated carbocycles. The molecule has 110 valence electrons. The number of methoxy groups -OCH3 is 1. The summed E-state index contributed by atoms with van der Waals surface area (Å²) in [6, 6.07) is 7.84. The van der Waals surface area contributed by atoms with Crippen LogP contribution < -0.4 is 5.32 Å². The first-order valence-electron chi connectivity index (χ1n) is 6.57. The minimum Gasteiger partial charge on any atom is -0.382 e. The van der Waals surface area contributed by atoms with Crippen LogP contribution in [0.4, 0.5) is 4.79 Å². The van der Waals surface area contributed by atoms with Gasteiger partial charge in [-0.25, -0.2) is 4.79 Å². The number of hydrogen-bond donors (Lipinski definition) is 1. The number of benzene rings is 1. The van der Waals surface area contributed by atoms with Crippen molar-refractivity contribution in [2.24, 2.45) is 0 Å². The average Bonchev–Trinajstić information content (AvgIpc) is 2.47. The predicted molar refractivity (Wildman–Crippen MR) is 79.6 cm³/mol. The summed E-state index contributed by atoms with van der Waals surface area (Å²) in [7, 11) is 1.63. The van der Waals surface area contributed by atoms with Gasteiger partial charge in [-0.2, -0.15) is 0 Å². The van der Waals surface area contributed by atoms with E-state index in [9.17, 15) is 4.79 Å². The molecule has 5 nitrogen and oxygen atoms in total. The van der Waals surface area contributed by atoms with E-state index in [-0.39, 0.29) is 12.1 Å². The first kappa shape index (κ1) is 15.3. The molecule has 1 aliphatic rings. The van der Waals surface area contributed by atoms with E-state index in [1.807, 2.05) is 24.3 Å². The van der Waals surface area contributed by atoms with Crippen LogP contribution in [0.1, 0.15) is 5.56 Å². The van der Waals surface area contributed by atoms with E-state index < -0.39 is 0 Å². The fraction of sp³-hybridized carbons (Fsp3) is 0.500. The van der Waals surface area contributed by atoms with E-state index in [0.29, 0.717) is 32.8 Å². The normalized spacial score (nSPS) is 18.9. The van der Waals surface area contributed by atoms with Crippen molar-refractivity contribution < 1.29 is 14.3 Å². The number of rotatable bonds is 4. The Morgan fingerprint density at radius 2 is 2.25 bits per heavy atom. The van der Waals surface area contributed by atoms with Crippen LogP contribution in [0.5, 0.6) is 0 Å². The van der Waals surface area contributed by atoms with Gasteiger partial charge in [-0.15, -0.1) is 0 Å². The molecule has 1 aliphatic heterocycles. The molecule has 2 rings (SSSR count). The molecule has 6 heteroatoms. The number of amides is 2. The molecule has 1 aromatic carbocycles. The summed E-state index contributed by atoms with van der Waals surface area (Å²) in [5.41, 5.74) is 1.07. The highest BCUT2D eigenvalue weighted by Crippen LogP contribution is 2.11. The first-order valence-corrected chi connectivity index (χ1v) is 7.36. The molecule has 0 bridgehead atoms. The van der Waals surface area contributed by atoms with Gasteiger partial charge in [0.15, 0.2) is 0 Å². The minimum absolute atomic E-state index is 0.0350. The highest BCUT2D eigenvalue weighted by molar-refractivity contribution is 9.10. The summed E-state index contributed by atoms with van der Waals surface area (Å²) in [6.07, 6.45) is -0.0350. The van der Waals surface area contributed by atoms with Crippen molar-refractivity contribution in [3.8, 4) is 0 Å². The Kier molecular flexibility index (Phi) is 5.82. The van der Waals surface area contributed by atoms with Gasteiger partial charge < -0.3 is 19.7 Å². The van der Waals surface area contributed by atoms with E-state index >= 15 is 0 Å². The van der Waals surface area contributed by atoms with Crippen LogP contribution in [0, 0.1) is 0 Å². The second-order valence-electron chi connectivity index (χ2n) is 4.68. The highest BCUT2D eigenvalue weighted by Gasteiger charge is 2.23. The molecule has 0 radical (unpaired) electrons. The van der Waals surface area contributed by atoms with Crippen LogP contribution in [0.15, 0.2) is 28.7 Å². The standard InChI is InChI=1S/C14H19BrN2O3/c1-19-10-13-9-17(6-7-20-13)14(18)16-8-11-2-4-12(15)5-3-11/h2-5,13H,6-10H2,1H3,(H,16,18)/t13-/m1/s1. The third kappa shape index (κ3) is 4.47. The Labute approximate surface area is 127 Å². The summed E-state index contributed by atoms with van der Waals surface area (Å²) in [4.78, 5) is 13.9. The number of carbonyl (C=O) groups is 1. The highest BCUT2D eigenvalue weighted by atomic mass is 79.9. The average molecular weight is 343 g/mol. The second-order valence-corrected chi connectivity index (χ2v) is 5.60. The van der Waals surface area contributed by atoms with E-state index in [1.165, 1.54) is 0 Å². The SMILES string of the molecule is COC[C@H]1CN(C(=O)NCc2ccc(Br)cc2)CCO1. The van der Waals surface area contributed by atoms with Crippen LogP contribution >= 0.6 is 15.9 Å². The van der Waals surface area contributed by atoms with Gasteiger partial charge in [-0.3, -0.25) is 0 Å². The number of halogens is 1. The lowest BCUT2D eigenvalue weighted by Gasteiger charge is -2.32. The lowest BCUT2D eigenvalue weighted by atomic mass is 10.2. The molecule has 0 aromatic heterocycles. The van der Waals surface area contributed by atoms with Gasteiger partial charge in [0.05, 0.1) is 25.9 Å². The van der Waals surface area contributed by atoms with E-state index in [2.05, 4.69) is 21.2 Å². The Morgan fingerprint density at radius 3 is 2.95 bits per heavy atom. The maximum Gasteiger partial charge on any atom is 0.317 e. The van der Waals surface area contributed by atoms with Gasteiger partial charge in [-0.05, 0) is 17.7 Å². The van der Waals surface area contributed by atoms with Crippen LogP contribution in [0.2, 0.25) is 0 Å². The number of nitrogens with zero attached hydrogens (tertiary/aromatic N) is 1. The van der Waals surface area contributed by atoms with Crippen molar-refractivity contribution in [3.63, 3.8) is 0 Å². The largest absolute Gasteiger partial charge is 0.382 e. The van der Waals surface area contributed by atoms with Gasteiger partial charge in [-0.1, -0.05) is 28.1 Å². The smallest absolute Gasteiger partial charge is 0.317 e. The third-order valence-electron chi connectivity index (χ3n) is 3.14. The number of morpholine rings is 1. The molecule has 1 atom stereocenters. The van der Waals surface area contributed by atoms with Crippen molar-refractivity contribution in [1.29, 1.82) is 0 Å². The summed E-state index contributed by atoms with van der Waals surface area (Å²) >= 11 is 3.39. The Bertz CT molecular complexity index is 437. The summed E-state index contributed by atoms with van der Waals surface area (Å²) in [5.74, 6) is 0. The predicted octanol–water partition coefficient (Wildman–Crippen LogP) is 2.01. The van der Waals surface area contributed by atoms with Crippen LogP contribution in [-0.4, -0.2) is 50.4 Å². The van der Waals surface area contributed by atoms with E-state index in [1.54, 1.807) is 12.0 Å². The van der Waals surface area contributed by atoms with Gasteiger partial charge in [0.25, 0.3) is 0 Å². The first-order chi connectivity index (χ1) is 9.69. The van der Waals surface area contributed by atoms with Crippen molar-refractivity contribution in [3.05, 3.63) is 34.3 Å². The van der Waals surface area contributed by atoms with Crippen molar-refractivity contribution >= 4 is 22.0 Å². The maximum absolute atomic E-state index is 12.1. The summed E-state index contributed by atoms with van der Waals surface area (Å²) in [6.45, 7) is 2.78. The quantitative estimate of drug-likeness (QED) is 0.910. The fourth-order valence-corrected chi connectivity index (χ4v) is 2.35. The lowest BCUT2D eigenvalue weighted by molar-refractivity contribution is -0.0494. The Hall–Kier alpha value is -1.11. The van der Waals surface area contributed by atoms with Crippen LogP contribution in [0.25, 0.3) is 0 Å². The topological polar surface area (TPSA) is 50.8 Å². The zero-order valence-corrected chi connectivity index (χ0v) is 13.1. The Morgan fingerprint density at radius 1 is 1.50 bits per heavy atom. The van der Waals surface area contributed by atoms with Crippen molar-refractivity contribution in [2.45, 2.75) is 12.6 Å². The molecule has 0 aliphatic carbocycles. The number of ether oxygens (including phenoxy) is 2. The number of urea groups is 1. The second kappa shape index (κ2) is 7.61. The number of carbonyl (C=O) groups excluding carboxylic acids is 1. The Balaban J connectivity index is 1.80.